The third kappa shape index (κ3) is 4.29. The summed E-state index contributed by atoms with van der Waals surface area (Å²) >= 11 is 6.45. The maximum absolute atomic E-state index is 14.5. The van der Waals surface area contributed by atoms with Crippen LogP contribution < -0.4 is 10.6 Å². The molecule has 0 radical (unpaired) electrons. The molecule has 152 valence electrons. The van der Waals surface area contributed by atoms with Crippen molar-refractivity contribution in [1.82, 2.24) is 4.98 Å². The SMILES string of the molecule is CN=CC(C=N)c1ccc(-c2cncc(Cl)c2N2CCC(F)(C(N)=O)CC2)cc1. The summed E-state index contributed by atoms with van der Waals surface area (Å²) in [6, 6.07) is 7.76. The van der Waals surface area contributed by atoms with Crippen molar-refractivity contribution in [1.29, 1.82) is 5.41 Å². The van der Waals surface area contributed by atoms with Crippen molar-refractivity contribution < 1.29 is 9.18 Å². The average Bonchev–Trinajstić information content (AvgIpc) is 2.73. The molecular weight excluding hydrogens is 393 g/mol. The second kappa shape index (κ2) is 8.69. The van der Waals surface area contributed by atoms with Gasteiger partial charge in [-0.2, -0.15) is 0 Å². The van der Waals surface area contributed by atoms with Gasteiger partial charge in [0.05, 0.1) is 16.6 Å². The number of anilines is 1. The number of amides is 1. The number of pyridine rings is 1. The van der Waals surface area contributed by atoms with Crippen molar-refractivity contribution in [3.8, 4) is 11.1 Å². The maximum Gasteiger partial charge on any atom is 0.255 e. The van der Waals surface area contributed by atoms with Gasteiger partial charge in [-0.3, -0.25) is 14.8 Å². The Hall–Kier alpha value is -2.80. The van der Waals surface area contributed by atoms with Gasteiger partial charge in [0.25, 0.3) is 5.91 Å². The van der Waals surface area contributed by atoms with Gasteiger partial charge in [0.15, 0.2) is 5.67 Å². The zero-order valence-corrected chi connectivity index (χ0v) is 16.9. The molecule has 1 amide bonds. The van der Waals surface area contributed by atoms with Gasteiger partial charge in [-0.1, -0.05) is 35.9 Å². The Morgan fingerprint density at radius 2 is 2.00 bits per heavy atom. The van der Waals surface area contributed by atoms with Crippen molar-refractivity contribution in [3.05, 3.63) is 47.2 Å². The molecule has 8 heteroatoms. The first kappa shape index (κ1) is 20.9. The van der Waals surface area contributed by atoms with E-state index in [9.17, 15) is 9.18 Å². The molecule has 1 aliphatic heterocycles. The highest BCUT2D eigenvalue weighted by atomic mass is 35.5. The fourth-order valence-electron chi connectivity index (χ4n) is 3.56. The maximum atomic E-state index is 14.5. The van der Waals surface area contributed by atoms with Gasteiger partial charge in [0, 0.05) is 63.4 Å². The number of hydrogen-bond acceptors (Lipinski definition) is 5. The number of hydrogen-bond donors (Lipinski definition) is 2. The lowest BCUT2D eigenvalue weighted by Gasteiger charge is -2.37. The summed E-state index contributed by atoms with van der Waals surface area (Å²) in [4.78, 5) is 21.6. The van der Waals surface area contributed by atoms with Crippen LogP contribution in [0.5, 0.6) is 0 Å². The van der Waals surface area contributed by atoms with E-state index >= 15 is 0 Å². The van der Waals surface area contributed by atoms with Crippen LogP contribution in [-0.2, 0) is 4.79 Å². The van der Waals surface area contributed by atoms with Crippen molar-refractivity contribution >= 4 is 35.6 Å². The van der Waals surface area contributed by atoms with Crippen LogP contribution in [0.3, 0.4) is 0 Å². The molecule has 3 N–H and O–H groups in total. The topological polar surface area (TPSA) is 95.4 Å². The number of nitrogens with two attached hydrogens (primary N) is 1. The predicted molar refractivity (Wildman–Crippen MR) is 115 cm³/mol. The lowest BCUT2D eigenvalue weighted by molar-refractivity contribution is -0.130. The Balaban J connectivity index is 1.91. The normalized spacial score (nSPS) is 17.3. The number of halogens is 2. The molecule has 1 aromatic carbocycles. The molecule has 0 saturated carbocycles. The Kier molecular flexibility index (Phi) is 6.27. The number of alkyl halides is 1. The number of primary amides is 1. The number of nitrogens with zero attached hydrogens (tertiary/aromatic N) is 3. The van der Waals surface area contributed by atoms with Gasteiger partial charge in [0.1, 0.15) is 0 Å². The number of aromatic nitrogens is 1. The van der Waals surface area contributed by atoms with E-state index in [4.69, 9.17) is 22.7 Å². The molecule has 1 aliphatic rings. The van der Waals surface area contributed by atoms with Gasteiger partial charge >= 0.3 is 0 Å². The van der Waals surface area contributed by atoms with Crippen LogP contribution in [0.2, 0.25) is 5.02 Å². The Labute approximate surface area is 174 Å². The van der Waals surface area contributed by atoms with E-state index in [0.717, 1.165) is 22.4 Å². The minimum atomic E-state index is -1.97. The van der Waals surface area contributed by atoms with E-state index in [2.05, 4.69) is 9.98 Å². The molecule has 0 bridgehead atoms. The minimum Gasteiger partial charge on any atom is -0.369 e. The lowest BCUT2D eigenvalue weighted by Crippen LogP contribution is -2.49. The van der Waals surface area contributed by atoms with Gasteiger partial charge in [-0.05, 0) is 11.1 Å². The number of carbonyl (C=O) groups is 1. The third-order valence-corrected chi connectivity index (χ3v) is 5.56. The molecule has 1 saturated heterocycles. The Bertz CT molecular complexity index is 923. The van der Waals surface area contributed by atoms with Gasteiger partial charge in [-0.15, -0.1) is 0 Å². The molecular formula is C21H23ClFN5O. The average molecular weight is 416 g/mol. The molecule has 2 heterocycles. The largest absolute Gasteiger partial charge is 0.369 e. The molecule has 0 aliphatic carbocycles. The highest BCUT2D eigenvalue weighted by molar-refractivity contribution is 6.33. The number of piperidine rings is 1. The highest BCUT2D eigenvalue weighted by Crippen LogP contribution is 2.39. The quantitative estimate of drug-likeness (QED) is 0.705. The van der Waals surface area contributed by atoms with Gasteiger partial charge in [0.2, 0.25) is 0 Å². The molecule has 6 nitrogen and oxygen atoms in total. The van der Waals surface area contributed by atoms with Crippen molar-refractivity contribution in [2.24, 2.45) is 10.7 Å². The van der Waals surface area contributed by atoms with E-state index in [0.29, 0.717) is 18.1 Å². The van der Waals surface area contributed by atoms with E-state index in [1.54, 1.807) is 25.7 Å². The van der Waals surface area contributed by atoms with E-state index in [1.807, 2.05) is 29.2 Å². The zero-order valence-electron chi connectivity index (χ0n) is 16.1. The number of benzene rings is 1. The van der Waals surface area contributed by atoms with Gasteiger partial charge < -0.3 is 16.0 Å². The van der Waals surface area contributed by atoms with E-state index in [1.165, 1.54) is 6.21 Å². The number of rotatable bonds is 6. The third-order valence-electron chi connectivity index (χ3n) is 5.28. The summed E-state index contributed by atoms with van der Waals surface area (Å²) in [5, 5.41) is 8.03. The second-order valence-corrected chi connectivity index (χ2v) is 7.46. The highest BCUT2D eigenvalue weighted by Gasteiger charge is 2.40. The van der Waals surface area contributed by atoms with Crippen LogP contribution in [0.25, 0.3) is 11.1 Å². The summed E-state index contributed by atoms with van der Waals surface area (Å²) in [6.45, 7) is 0.661. The first-order valence-electron chi connectivity index (χ1n) is 9.30. The van der Waals surface area contributed by atoms with Crippen LogP contribution in [0.1, 0.15) is 24.3 Å². The summed E-state index contributed by atoms with van der Waals surface area (Å²) < 4.78 is 14.5. The molecule has 1 atom stereocenters. The molecule has 2 aromatic rings. The van der Waals surface area contributed by atoms with Crippen LogP contribution >= 0.6 is 11.6 Å². The van der Waals surface area contributed by atoms with Crippen molar-refractivity contribution in [2.75, 3.05) is 25.0 Å². The van der Waals surface area contributed by atoms with Gasteiger partial charge in [-0.25, -0.2) is 4.39 Å². The molecule has 3 rings (SSSR count). The number of carbonyl (C=O) groups excluding carboxylic acids is 1. The van der Waals surface area contributed by atoms with Crippen molar-refractivity contribution in [2.45, 2.75) is 24.4 Å². The Morgan fingerprint density at radius 3 is 2.55 bits per heavy atom. The standard InChI is InChI=1S/C21H23ClFN5O/c1-26-11-16(10-24)14-2-4-15(5-3-14)17-12-27-13-18(22)19(17)28-8-6-21(23,7-9-28)20(25)29/h2-5,10-13,16,24H,6-9H2,1H3,(H2,25,29). The first-order chi connectivity index (χ1) is 13.9. The first-order valence-corrected chi connectivity index (χ1v) is 9.68. The second-order valence-electron chi connectivity index (χ2n) is 7.06. The predicted octanol–water partition coefficient (Wildman–Crippen LogP) is 3.63. The molecule has 0 spiro atoms. The smallest absolute Gasteiger partial charge is 0.255 e. The van der Waals surface area contributed by atoms with E-state index in [-0.39, 0.29) is 18.8 Å². The van der Waals surface area contributed by atoms with Crippen LogP contribution in [0, 0.1) is 5.41 Å². The monoisotopic (exact) mass is 415 g/mol. The summed E-state index contributed by atoms with van der Waals surface area (Å²) in [5.41, 5.74) is 6.69. The van der Waals surface area contributed by atoms with Crippen LogP contribution in [-0.4, -0.2) is 49.1 Å². The molecule has 1 unspecified atom stereocenters. The summed E-state index contributed by atoms with van der Waals surface area (Å²) in [5.74, 6) is -1.09. The fraction of sp³-hybridized carbons (Fsp3) is 0.333. The Morgan fingerprint density at radius 1 is 1.34 bits per heavy atom. The summed E-state index contributed by atoms with van der Waals surface area (Å²) in [6.07, 6.45) is 6.38. The zero-order chi connectivity index (χ0) is 21.0. The number of nitrogens with one attached hydrogen (secondary N) is 1. The summed E-state index contributed by atoms with van der Waals surface area (Å²) in [7, 11) is 1.68. The molecule has 1 aromatic heterocycles. The van der Waals surface area contributed by atoms with Crippen LogP contribution in [0.15, 0.2) is 41.7 Å². The lowest BCUT2D eigenvalue weighted by atomic mass is 9.91. The number of aliphatic imine (C=N–C) groups is 1. The molecule has 29 heavy (non-hydrogen) atoms. The van der Waals surface area contributed by atoms with Crippen LogP contribution in [0.4, 0.5) is 10.1 Å². The fourth-order valence-corrected chi connectivity index (χ4v) is 3.84. The minimum absolute atomic E-state index is 0.0245. The molecule has 1 fully saturated rings. The van der Waals surface area contributed by atoms with Crippen molar-refractivity contribution in [3.63, 3.8) is 0 Å². The van der Waals surface area contributed by atoms with E-state index < -0.39 is 11.6 Å².